The van der Waals surface area contributed by atoms with E-state index in [9.17, 15) is 27.6 Å². The molecule has 0 atom stereocenters. The summed E-state index contributed by atoms with van der Waals surface area (Å²) in [6.45, 7) is 1.78. The molecule has 3 rings (SSSR count). The van der Waals surface area contributed by atoms with Crippen molar-refractivity contribution in [2.45, 2.75) is 26.1 Å². The SMILES string of the molecule is CCCNC(=O)NC(=O)Cn1cnc2c(cnn2-c2cccc(C(F)(F)F)c2)c1=O. The number of fused-ring (bicyclic) bond motifs is 1. The van der Waals surface area contributed by atoms with Gasteiger partial charge in [-0.15, -0.1) is 0 Å². The molecule has 2 heterocycles. The molecular weight excluding hydrogens is 405 g/mol. The van der Waals surface area contributed by atoms with E-state index in [1.165, 1.54) is 12.1 Å². The van der Waals surface area contributed by atoms with Gasteiger partial charge in [-0.3, -0.25) is 19.5 Å². The van der Waals surface area contributed by atoms with Crippen molar-refractivity contribution >= 4 is 23.0 Å². The number of aromatic nitrogens is 4. The summed E-state index contributed by atoms with van der Waals surface area (Å²) in [6.07, 6.45) is -1.61. The summed E-state index contributed by atoms with van der Waals surface area (Å²) in [5.41, 5.74) is -1.37. The van der Waals surface area contributed by atoms with Crippen LogP contribution >= 0.6 is 0 Å². The van der Waals surface area contributed by atoms with Crippen molar-refractivity contribution in [3.63, 3.8) is 0 Å². The van der Waals surface area contributed by atoms with Crippen molar-refractivity contribution in [2.75, 3.05) is 6.54 Å². The van der Waals surface area contributed by atoms with Gasteiger partial charge >= 0.3 is 12.2 Å². The minimum absolute atomic E-state index is 0.0122. The highest BCUT2D eigenvalue weighted by Gasteiger charge is 2.30. The Morgan fingerprint density at radius 3 is 2.70 bits per heavy atom. The number of hydrogen-bond acceptors (Lipinski definition) is 5. The van der Waals surface area contributed by atoms with Crippen molar-refractivity contribution in [2.24, 2.45) is 0 Å². The smallest absolute Gasteiger partial charge is 0.338 e. The van der Waals surface area contributed by atoms with Crippen molar-refractivity contribution in [1.82, 2.24) is 30.0 Å². The molecule has 0 radical (unpaired) electrons. The molecule has 0 unspecified atom stereocenters. The average molecular weight is 422 g/mol. The molecule has 30 heavy (non-hydrogen) atoms. The van der Waals surface area contributed by atoms with E-state index < -0.39 is 35.8 Å². The number of rotatable bonds is 5. The van der Waals surface area contributed by atoms with E-state index in [1.54, 1.807) is 0 Å². The van der Waals surface area contributed by atoms with Crippen LogP contribution in [0.2, 0.25) is 0 Å². The van der Waals surface area contributed by atoms with Gasteiger partial charge in [0.05, 0.1) is 17.4 Å². The van der Waals surface area contributed by atoms with Gasteiger partial charge in [0.1, 0.15) is 18.3 Å². The maximum absolute atomic E-state index is 13.0. The Hall–Kier alpha value is -3.70. The molecule has 0 aliphatic carbocycles. The van der Waals surface area contributed by atoms with Gasteiger partial charge in [-0.1, -0.05) is 13.0 Å². The standard InChI is InChI=1S/C18H17F3N6O3/c1-2-6-22-17(30)25-14(28)9-26-10-23-15-13(16(26)29)8-24-27(15)12-5-3-4-11(7-12)18(19,20)21/h3-5,7-8,10H,2,6,9H2,1H3,(H2,22,25,28,30). The number of benzene rings is 1. The summed E-state index contributed by atoms with van der Waals surface area (Å²) >= 11 is 0. The van der Waals surface area contributed by atoms with Gasteiger partial charge in [-0.2, -0.15) is 18.3 Å². The molecule has 1 aromatic carbocycles. The molecule has 12 heteroatoms. The molecule has 0 spiro atoms. The van der Waals surface area contributed by atoms with E-state index in [-0.39, 0.29) is 16.7 Å². The first-order valence-corrected chi connectivity index (χ1v) is 8.89. The molecule has 0 fully saturated rings. The number of imide groups is 1. The third-order valence-electron chi connectivity index (χ3n) is 4.08. The summed E-state index contributed by atoms with van der Waals surface area (Å²) in [5.74, 6) is -0.725. The summed E-state index contributed by atoms with van der Waals surface area (Å²) in [5, 5.41) is 8.52. The molecule has 0 aliphatic rings. The largest absolute Gasteiger partial charge is 0.416 e. The molecule has 0 saturated carbocycles. The van der Waals surface area contributed by atoms with E-state index >= 15 is 0 Å². The van der Waals surface area contributed by atoms with Crippen LogP contribution in [0.3, 0.4) is 0 Å². The number of nitrogens with zero attached hydrogens (tertiary/aromatic N) is 4. The summed E-state index contributed by atoms with van der Waals surface area (Å²) in [7, 11) is 0. The highest BCUT2D eigenvalue weighted by atomic mass is 19.4. The molecule has 9 nitrogen and oxygen atoms in total. The van der Waals surface area contributed by atoms with E-state index in [0.29, 0.717) is 13.0 Å². The van der Waals surface area contributed by atoms with Gasteiger partial charge in [-0.25, -0.2) is 14.5 Å². The van der Waals surface area contributed by atoms with E-state index in [1.807, 2.05) is 6.92 Å². The molecule has 3 amide bonds. The zero-order valence-electron chi connectivity index (χ0n) is 15.7. The maximum atomic E-state index is 13.0. The Labute approximate surface area is 167 Å². The predicted octanol–water partition coefficient (Wildman–Crippen LogP) is 1.84. The van der Waals surface area contributed by atoms with Gasteiger partial charge in [-0.05, 0) is 24.6 Å². The number of halogens is 3. The number of hydrogen-bond donors (Lipinski definition) is 2. The second-order valence-corrected chi connectivity index (χ2v) is 6.32. The highest BCUT2D eigenvalue weighted by Crippen LogP contribution is 2.30. The lowest BCUT2D eigenvalue weighted by Crippen LogP contribution is -2.42. The van der Waals surface area contributed by atoms with E-state index in [2.05, 4.69) is 20.7 Å². The van der Waals surface area contributed by atoms with Crippen LogP contribution in [-0.2, 0) is 17.5 Å². The number of nitrogens with one attached hydrogen (secondary N) is 2. The Kier molecular flexibility index (Phi) is 5.85. The van der Waals surface area contributed by atoms with Crippen LogP contribution in [-0.4, -0.2) is 37.8 Å². The summed E-state index contributed by atoms with van der Waals surface area (Å²) in [4.78, 5) is 40.1. The van der Waals surface area contributed by atoms with Gasteiger partial charge in [0, 0.05) is 6.54 Å². The second kappa shape index (κ2) is 8.35. The summed E-state index contributed by atoms with van der Waals surface area (Å²) in [6, 6.07) is 3.76. The molecule has 2 N–H and O–H groups in total. The van der Waals surface area contributed by atoms with Crippen molar-refractivity contribution < 1.29 is 22.8 Å². The van der Waals surface area contributed by atoms with Crippen LogP contribution in [0.1, 0.15) is 18.9 Å². The minimum atomic E-state index is -4.53. The number of alkyl halides is 3. The number of carbonyl (C=O) groups excluding carboxylic acids is 2. The Balaban J connectivity index is 1.87. The number of amides is 3. The minimum Gasteiger partial charge on any atom is -0.338 e. The van der Waals surface area contributed by atoms with Crippen LogP contribution in [0.4, 0.5) is 18.0 Å². The summed E-state index contributed by atoms with van der Waals surface area (Å²) < 4.78 is 40.9. The first-order chi connectivity index (χ1) is 14.2. The lowest BCUT2D eigenvalue weighted by atomic mass is 10.2. The lowest BCUT2D eigenvalue weighted by Gasteiger charge is -2.09. The lowest BCUT2D eigenvalue weighted by molar-refractivity contribution is -0.137. The van der Waals surface area contributed by atoms with E-state index in [4.69, 9.17) is 0 Å². The Bertz CT molecular complexity index is 1150. The third-order valence-corrected chi connectivity index (χ3v) is 4.08. The molecule has 2 aromatic heterocycles. The van der Waals surface area contributed by atoms with Crippen molar-refractivity contribution in [3.8, 4) is 5.69 Å². The fourth-order valence-electron chi connectivity index (χ4n) is 2.67. The predicted molar refractivity (Wildman–Crippen MR) is 100.0 cm³/mol. The normalized spacial score (nSPS) is 11.5. The van der Waals surface area contributed by atoms with Gasteiger partial charge in [0.15, 0.2) is 5.65 Å². The molecule has 0 aliphatic heterocycles. The zero-order chi connectivity index (χ0) is 21.9. The topological polar surface area (TPSA) is 111 Å². The average Bonchev–Trinajstić information content (AvgIpc) is 3.13. The highest BCUT2D eigenvalue weighted by molar-refractivity contribution is 5.94. The third kappa shape index (κ3) is 4.47. The molecule has 0 bridgehead atoms. The van der Waals surface area contributed by atoms with Gasteiger partial charge in [0.25, 0.3) is 5.56 Å². The van der Waals surface area contributed by atoms with Crippen LogP contribution in [0.15, 0.2) is 41.6 Å². The molecule has 0 saturated heterocycles. The van der Waals surface area contributed by atoms with Crippen LogP contribution < -0.4 is 16.2 Å². The number of carbonyl (C=O) groups is 2. The number of urea groups is 1. The zero-order valence-corrected chi connectivity index (χ0v) is 15.7. The van der Waals surface area contributed by atoms with Crippen LogP contribution in [0.25, 0.3) is 16.7 Å². The van der Waals surface area contributed by atoms with E-state index in [0.717, 1.165) is 33.9 Å². The molecule has 158 valence electrons. The van der Waals surface area contributed by atoms with Crippen molar-refractivity contribution in [3.05, 3.63) is 52.7 Å². The fourth-order valence-corrected chi connectivity index (χ4v) is 2.67. The monoisotopic (exact) mass is 422 g/mol. The van der Waals surface area contributed by atoms with Crippen LogP contribution in [0, 0.1) is 0 Å². The Morgan fingerprint density at radius 2 is 2.00 bits per heavy atom. The fraction of sp³-hybridized carbons (Fsp3) is 0.278. The first kappa shape index (κ1) is 21.0. The first-order valence-electron chi connectivity index (χ1n) is 8.89. The van der Waals surface area contributed by atoms with Gasteiger partial charge < -0.3 is 5.32 Å². The quantitative estimate of drug-likeness (QED) is 0.652. The molecule has 3 aromatic rings. The van der Waals surface area contributed by atoms with Crippen LogP contribution in [0.5, 0.6) is 0 Å². The Morgan fingerprint density at radius 1 is 1.23 bits per heavy atom. The van der Waals surface area contributed by atoms with Gasteiger partial charge in [0.2, 0.25) is 5.91 Å². The van der Waals surface area contributed by atoms with Crippen molar-refractivity contribution in [1.29, 1.82) is 0 Å². The maximum Gasteiger partial charge on any atom is 0.416 e. The second-order valence-electron chi connectivity index (χ2n) is 6.32. The molecular formula is C18H17F3N6O3.